The third kappa shape index (κ3) is 6.35. The molecule has 0 aromatic heterocycles. The second kappa shape index (κ2) is 8.89. The summed E-state index contributed by atoms with van der Waals surface area (Å²) < 4.78 is 48.9. The number of nitrogens with zero attached hydrogens (tertiary/aromatic N) is 1. The summed E-state index contributed by atoms with van der Waals surface area (Å²) in [7, 11) is 0. The minimum absolute atomic E-state index is 0.471. The zero-order valence-electron chi connectivity index (χ0n) is 12.4. The molecule has 21 heavy (non-hydrogen) atoms. The van der Waals surface area contributed by atoms with Crippen molar-refractivity contribution in [3.63, 3.8) is 0 Å². The van der Waals surface area contributed by atoms with Gasteiger partial charge in [-0.3, -0.25) is 0 Å². The second-order valence-corrected chi connectivity index (χ2v) is 4.43. The van der Waals surface area contributed by atoms with Gasteiger partial charge in [-0.05, 0) is 32.0 Å². The molecule has 0 atom stereocenters. The molecule has 0 amide bonds. The number of hydrogen-bond acceptors (Lipinski definition) is 3. The third-order valence-corrected chi connectivity index (χ3v) is 2.96. The average molecular weight is 305 g/mol. The van der Waals surface area contributed by atoms with Crippen molar-refractivity contribution in [1.29, 1.82) is 0 Å². The van der Waals surface area contributed by atoms with Crippen LogP contribution in [0.25, 0.3) is 0 Å². The Morgan fingerprint density at radius 1 is 1.00 bits per heavy atom. The Morgan fingerprint density at radius 3 is 2.05 bits per heavy atom. The molecule has 0 radical (unpaired) electrons. The molecule has 0 fully saturated rings. The molecule has 0 heterocycles. The van der Waals surface area contributed by atoms with Crippen molar-refractivity contribution in [2.45, 2.75) is 20.0 Å². The Hall–Kier alpha value is -1.27. The Labute approximate surface area is 123 Å². The fraction of sp³-hybridized carbons (Fsp3) is 0.600. The van der Waals surface area contributed by atoms with Crippen LogP contribution in [0.3, 0.4) is 0 Å². The van der Waals surface area contributed by atoms with Crippen molar-refractivity contribution in [3.05, 3.63) is 29.8 Å². The monoisotopic (exact) mass is 305 g/mol. The summed E-state index contributed by atoms with van der Waals surface area (Å²) in [6.07, 6.45) is -4.33. The molecule has 0 N–H and O–H groups in total. The zero-order valence-corrected chi connectivity index (χ0v) is 12.4. The van der Waals surface area contributed by atoms with E-state index >= 15 is 0 Å². The first-order valence-corrected chi connectivity index (χ1v) is 7.06. The predicted molar refractivity (Wildman–Crippen MR) is 76.6 cm³/mol. The van der Waals surface area contributed by atoms with Gasteiger partial charge in [-0.2, -0.15) is 13.2 Å². The zero-order chi connectivity index (χ0) is 15.7. The van der Waals surface area contributed by atoms with Gasteiger partial charge in [-0.15, -0.1) is 0 Å². The van der Waals surface area contributed by atoms with Crippen LogP contribution in [0.5, 0.6) is 0 Å². The van der Waals surface area contributed by atoms with E-state index in [-0.39, 0.29) is 0 Å². The highest BCUT2D eigenvalue weighted by molar-refractivity contribution is 5.49. The molecule has 0 bridgehead atoms. The van der Waals surface area contributed by atoms with Crippen molar-refractivity contribution in [2.24, 2.45) is 0 Å². The van der Waals surface area contributed by atoms with Gasteiger partial charge < -0.3 is 14.4 Å². The summed E-state index contributed by atoms with van der Waals surface area (Å²) in [5.41, 5.74) is -0.109. The number of alkyl halides is 3. The van der Waals surface area contributed by atoms with E-state index in [1.54, 1.807) is 6.07 Å². The van der Waals surface area contributed by atoms with Crippen LogP contribution in [0, 0.1) is 0 Å². The van der Waals surface area contributed by atoms with Crippen molar-refractivity contribution in [2.75, 3.05) is 44.4 Å². The number of ether oxygens (including phenoxy) is 2. The number of anilines is 1. The SMILES string of the molecule is CCOCCN(CCOCC)c1cccc(C(F)(F)F)c1. The predicted octanol–water partition coefficient (Wildman–Crippen LogP) is 3.58. The lowest BCUT2D eigenvalue weighted by molar-refractivity contribution is -0.137. The highest BCUT2D eigenvalue weighted by atomic mass is 19.4. The van der Waals surface area contributed by atoms with Gasteiger partial charge in [0.1, 0.15) is 0 Å². The molecule has 0 unspecified atom stereocenters. The Kier molecular flexibility index (Phi) is 7.53. The lowest BCUT2D eigenvalue weighted by Gasteiger charge is -2.25. The Balaban J connectivity index is 2.80. The van der Waals surface area contributed by atoms with E-state index in [1.807, 2.05) is 18.7 Å². The van der Waals surface area contributed by atoms with E-state index in [0.717, 1.165) is 12.1 Å². The first kappa shape index (κ1) is 17.8. The van der Waals surface area contributed by atoms with Gasteiger partial charge in [-0.1, -0.05) is 6.07 Å². The summed E-state index contributed by atoms with van der Waals surface area (Å²) in [4.78, 5) is 1.85. The quantitative estimate of drug-likeness (QED) is 0.651. The highest BCUT2D eigenvalue weighted by Crippen LogP contribution is 2.31. The average Bonchev–Trinajstić information content (AvgIpc) is 2.45. The van der Waals surface area contributed by atoms with Crippen LogP contribution in [-0.2, 0) is 15.7 Å². The molecule has 0 saturated carbocycles. The smallest absolute Gasteiger partial charge is 0.380 e. The summed E-state index contributed by atoms with van der Waals surface area (Å²) in [6, 6.07) is 5.34. The summed E-state index contributed by atoms with van der Waals surface area (Å²) in [5.74, 6) is 0. The lowest BCUT2D eigenvalue weighted by Crippen LogP contribution is -2.31. The van der Waals surface area contributed by atoms with E-state index < -0.39 is 11.7 Å². The standard InChI is InChI=1S/C15H22F3NO2/c1-3-20-10-8-19(9-11-21-4-2)14-7-5-6-13(12-14)15(16,17)18/h5-7,12H,3-4,8-11H2,1-2H3. The fourth-order valence-electron chi connectivity index (χ4n) is 1.89. The molecule has 1 rings (SSSR count). The van der Waals surface area contributed by atoms with E-state index in [4.69, 9.17) is 9.47 Å². The van der Waals surface area contributed by atoms with Crippen LogP contribution in [0.4, 0.5) is 18.9 Å². The molecule has 120 valence electrons. The van der Waals surface area contributed by atoms with Crippen LogP contribution in [0.15, 0.2) is 24.3 Å². The van der Waals surface area contributed by atoms with Crippen LogP contribution in [-0.4, -0.2) is 39.5 Å². The molecule has 1 aromatic carbocycles. The first-order valence-electron chi connectivity index (χ1n) is 7.06. The Morgan fingerprint density at radius 2 is 1.57 bits per heavy atom. The third-order valence-electron chi connectivity index (χ3n) is 2.96. The van der Waals surface area contributed by atoms with E-state index in [9.17, 15) is 13.2 Å². The summed E-state index contributed by atoms with van der Waals surface area (Å²) >= 11 is 0. The maximum atomic E-state index is 12.8. The van der Waals surface area contributed by atoms with E-state index in [2.05, 4.69) is 0 Å². The highest BCUT2D eigenvalue weighted by Gasteiger charge is 2.30. The molecule has 0 saturated heterocycles. The van der Waals surface area contributed by atoms with Gasteiger partial charge in [0.15, 0.2) is 0 Å². The van der Waals surface area contributed by atoms with Crippen molar-refractivity contribution in [3.8, 4) is 0 Å². The molecular formula is C15H22F3NO2. The van der Waals surface area contributed by atoms with Gasteiger partial charge in [0, 0.05) is 32.0 Å². The molecule has 0 aliphatic heterocycles. The van der Waals surface area contributed by atoms with E-state index in [1.165, 1.54) is 6.07 Å². The molecular weight excluding hydrogens is 283 g/mol. The van der Waals surface area contributed by atoms with Crippen LogP contribution >= 0.6 is 0 Å². The van der Waals surface area contributed by atoms with Crippen LogP contribution in [0.1, 0.15) is 19.4 Å². The van der Waals surface area contributed by atoms with Crippen LogP contribution in [0.2, 0.25) is 0 Å². The molecule has 3 nitrogen and oxygen atoms in total. The second-order valence-electron chi connectivity index (χ2n) is 4.43. The number of rotatable bonds is 9. The molecule has 6 heteroatoms. The van der Waals surface area contributed by atoms with Crippen LogP contribution < -0.4 is 4.90 Å². The summed E-state index contributed by atoms with van der Waals surface area (Å²) in [5, 5.41) is 0. The molecule has 0 aliphatic rings. The van der Waals surface area contributed by atoms with Gasteiger partial charge in [0.2, 0.25) is 0 Å². The maximum Gasteiger partial charge on any atom is 0.416 e. The number of benzene rings is 1. The molecule has 0 aliphatic carbocycles. The van der Waals surface area contributed by atoms with Crippen molar-refractivity contribution >= 4 is 5.69 Å². The van der Waals surface area contributed by atoms with E-state index in [0.29, 0.717) is 45.2 Å². The van der Waals surface area contributed by atoms with Gasteiger partial charge >= 0.3 is 6.18 Å². The van der Waals surface area contributed by atoms with Gasteiger partial charge in [0.25, 0.3) is 0 Å². The van der Waals surface area contributed by atoms with Gasteiger partial charge in [-0.25, -0.2) is 0 Å². The molecule has 0 spiro atoms. The summed E-state index contributed by atoms with van der Waals surface area (Å²) in [6.45, 7) is 6.94. The Bertz CT molecular complexity index is 400. The van der Waals surface area contributed by atoms with Crippen molar-refractivity contribution < 1.29 is 22.6 Å². The lowest BCUT2D eigenvalue weighted by atomic mass is 10.2. The van der Waals surface area contributed by atoms with Gasteiger partial charge in [0.05, 0.1) is 18.8 Å². The minimum Gasteiger partial charge on any atom is -0.380 e. The number of hydrogen-bond donors (Lipinski definition) is 0. The number of halogens is 3. The topological polar surface area (TPSA) is 21.7 Å². The first-order chi connectivity index (χ1) is 9.99. The largest absolute Gasteiger partial charge is 0.416 e. The molecule has 1 aromatic rings. The fourth-order valence-corrected chi connectivity index (χ4v) is 1.89. The maximum absolute atomic E-state index is 12.8. The minimum atomic E-state index is -4.33. The van der Waals surface area contributed by atoms with Crippen molar-refractivity contribution in [1.82, 2.24) is 0 Å². The normalized spacial score (nSPS) is 11.7.